The van der Waals surface area contributed by atoms with Crippen LogP contribution in [0, 0.1) is 0 Å². The summed E-state index contributed by atoms with van der Waals surface area (Å²) in [7, 11) is -3.51. The maximum Gasteiger partial charge on any atom is 0.331 e. The Morgan fingerprint density at radius 1 is 1.06 bits per heavy atom. The molecule has 0 atom stereocenters. The molecule has 0 amide bonds. The SMILES string of the molecule is O=C(C=Cc1ccc(S(=O)(=O)N2CCCCCC2)cc1)OCc1nc2sc3c(c2c(=O)[nH]1)CCCC3. The van der Waals surface area contributed by atoms with Crippen molar-refractivity contribution in [3.8, 4) is 0 Å². The average molecular weight is 528 g/mol. The van der Waals surface area contributed by atoms with Crippen molar-refractivity contribution in [1.29, 1.82) is 0 Å². The summed E-state index contributed by atoms with van der Waals surface area (Å²) in [6.45, 7) is 0.972. The van der Waals surface area contributed by atoms with Crippen LogP contribution in [0.2, 0.25) is 0 Å². The summed E-state index contributed by atoms with van der Waals surface area (Å²) in [5, 5.41) is 0.672. The zero-order valence-electron chi connectivity index (χ0n) is 20.0. The maximum atomic E-state index is 12.9. The predicted molar refractivity (Wildman–Crippen MR) is 139 cm³/mol. The summed E-state index contributed by atoms with van der Waals surface area (Å²) >= 11 is 1.55. The fourth-order valence-electron chi connectivity index (χ4n) is 4.81. The van der Waals surface area contributed by atoms with Crippen LogP contribution >= 0.6 is 11.3 Å². The minimum Gasteiger partial charge on any atom is -0.454 e. The summed E-state index contributed by atoms with van der Waals surface area (Å²) in [6, 6.07) is 6.46. The molecule has 2 aromatic heterocycles. The van der Waals surface area contributed by atoms with E-state index in [0.717, 1.165) is 56.9 Å². The number of hydrogen-bond donors (Lipinski definition) is 1. The van der Waals surface area contributed by atoms with E-state index in [1.54, 1.807) is 46.0 Å². The molecule has 5 rings (SSSR count). The van der Waals surface area contributed by atoms with Crippen molar-refractivity contribution >= 4 is 43.6 Å². The normalized spacial score (nSPS) is 17.2. The number of carbonyl (C=O) groups excluding carboxylic acids is 1. The molecule has 0 saturated carbocycles. The van der Waals surface area contributed by atoms with Crippen LogP contribution in [-0.4, -0.2) is 41.7 Å². The van der Waals surface area contributed by atoms with Crippen LogP contribution in [0.15, 0.2) is 40.0 Å². The molecule has 0 spiro atoms. The number of aryl methyl sites for hydroxylation is 2. The monoisotopic (exact) mass is 527 g/mol. The van der Waals surface area contributed by atoms with Crippen molar-refractivity contribution in [2.24, 2.45) is 0 Å². The van der Waals surface area contributed by atoms with E-state index < -0.39 is 16.0 Å². The number of thiophene rings is 1. The molecule has 190 valence electrons. The van der Waals surface area contributed by atoms with Crippen LogP contribution in [0.5, 0.6) is 0 Å². The first-order chi connectivity index (χ1) is 17.4. The van der Waals surface area contributed by atoms with Crippen molar-refractivity contribution in [2.75, 3.05) is 13.1 Å². The number of esters is 1. The number of hydrogen-bond acceptors (Lipinski definition) is 7. The predicted octanol–water partition coefficient (Wildman–Crippen LogP) is 4.18. The Morgan fingerprint density at radius 2 is 1.78 bits per heavy atom. The first kappa shape index (κ1) is 24.9. The summed E-state index contributed by atoms with van der Waals surface area (Å²) < 4.78 is 32.6. The first-order valence-electron chi connectivity index (χ1n) is 12.4. The van der Waals surface area contributed by atoms with Crippen LogP contribution in [0.25, 0.3) is 16.3 Å². The summed E-state index contributed by atoms with van der Waals surface area (Å²) in [6.07, 6.45) is 10.8. The smallest absolute Gasteiger partial charge is 0.331 e. The maximum absolute atomic E-state index is 12.9. The summed E-state index contributed by atoms with van der Waals surface area (Å²) in [5.74, 6) is -0.264. The van der Waals surface area contributed by atoms with Gasteiger partial charge in [-0.3, -0.25) is 4.79 Å². The Morgan fingerprint density at radius 3 is 2.53 bits per heavy atom. The van der Waals surface area contributed by atoms with Gasteiger partial charge in [0.25, 0.3) is 5.56 Å². The van der Waals surface area contributed by atoms with E-state index in [4.69, 9.17) is 4.74 Å². The number of fused-ring (bicyclic) bond motifs is 3. The van der Waals surface area contributed by atoms with Crippen LogP contribution < -0.4 is 5.56 Å². The lowest BCUT2D eigenvalue weighted by Gasteiger charge is -2.19. The minimum absolute atomic E-state index is 0.135. The molecule has 3 aromatic rings. The first-order valence-corrected chi connectivity index (χ1v) is 14.7. The van der Waals surface area contributed by atoms with Gasteiger partial charge in [-0.1, -0.05) is 25.0 Å². The highest BCUT2D eigenvalue weighted by Gasteiger charge is 2.25. The Labute approximate surface area is 214 Å². The number of aromatic nitrogens is 2. The molecule has 1 aliphatic heterocycles. The van der Waals surface area contributed by atoms with Gasteiger partial charge in [-0.2, -0.15) is 4.31 Å². The van der Waals surface area contributed by atoms with Gasteiger partial charge in [0.1, 0.15) is 17.3 Å². The summed E-state index contributed by atoms with van der Waals surface area (Å²) in [5.41, 5.74) is 1.61. The number of ether oxygens (including phenoxy) is 1. The van der Waals surface area contributed by atoms with Gasteiger partial charge in [0.2, 0.25) is 10.0 Å². The molecule has 8 nitrogen and oxygen atoms in total. The van der Waals surface area contributed by atoms with Crippen molar-refractivity contribution in [2.45, 2.75) is 62.9 Å². The molecule has 1 fully saturated rings. The quantitative estimate of drug-likeness (QED) is 0.380. The van der Waals surface area contributed by atoms with Crippen molar-refractivity contribution < 1.29 is 17.9 Å². The van der Waals surface area contributed by atoms with Gasteiger partial charge in [-0.25, -0.2) is 18.2 Å². The number of sulfonamides is 1. The molecule has 1 saturated heterocycles. The average Bonchev–Trinajstić information content (AvgIpc) is 3.04. The second kappa shape index (κ2) is 10.7. The highest BCUT2D eigenvalue weighted by molar-refractivity contribution is 7.89. The molecular weight excluding hydrogens is 498 g/mol. The number of benzene rings is 1. The fraction of sp³-hybridized carbons (Fsp3) is 0.423. The highest BCUT2D eigenvalue weighted by Crippen LogP contribution is 2.33. The minimum atomic E-state index is -3.51. The third kappa shape index (κ3) is 5.30. The standard InChI is InChI=1S/C26H29N3O5S2/c30-23(34-17-22-27-25(31)24-20-7-3-4-8-21(20)35-26(24)28-22)14-11-18-9-12-19(13-10-18)36(32,33)29-15-5-1-2-6-16-29/h9-14H,1-8,15-17H2,(H,27,28,31). The third-order valence-electron chi connectivity index (χ3n) is 6.72. The largest absolute Gasteiger partial charge is 0.454 e. The second-order valence-electron chi connectivity index (χ2n) is 9.23. The zero-order valence-corrected chi connectivity index (χ0v) is 21.6. The van der Waals surface area contributed by atoms with Crippen molar-refractivity contribution in [3.05, 3.63) is 62.5 Å². The fourth-order valence-corrected chi connectivity index (χ4v) is 7.61. The van der Waals surface area contributed by atoms with Gasteiger partial charge >= 0.3 is 5.97 Å². The van der Waals surface area contributed by atoms with Gasteiger partial charge in [0.05, 0.1) is 10.3 Å². The number of H-pyrrole nitrogens is 1. The van der Waals surface area contributed by atoms with E-state index in [0.29, 0.717) is 34.7 Å². The molecule has 1 aliphatic carbocycles. The van der Waals surface area contributed by atoms with Gasteiger partial charge in [-0.05, 0) is 67.9 Å². The molecule has 10 heteroatoms. The lowest BCUT2D eigenvalue weighted by Crippen LogP contribution is -2.31. The van der Waals surface area contributed by atoms with Gasteiger partial charge in [0, 0.05) is 24.0 Å². The van der Waals surface area contributed by atoms with E-state index in [9.17, 15) is 18.0 Å². The third-order valence-corrected chi connectivity index (χ3v) is 9.82. The van der Waals surface area contributed by atoms with E-state index in [2.05, 4.69) is 9.97 Å². The molecule has 0 unspecified atom stereocenters. The summed E-state index contributed by atoms with van der Waals surface area (Å²) in [4.78, 5) is 34.3. The lowest BCUT2D eigenvalue weighted by atomic mass is 9.97. The van der Waals surface area contributed by atoms with E-state index in [1.807, 2.05) is 0 Å². The van der Waals surface area contributed by atoms with Crippen LogP contribution in [0.1, 0.15) is 60.4 Å². The number of rotatable bonds is 6. The Bertz CT molecular complexity index is 1450. The van der Waals surface area contributed by atoms with Crippen LogP contribution in [-0.2, 0) is 39.0 Å². The molecular formula is C26H29N3O5S2. The lowest BCUT2D eigenvalue weighted by molar-refractivity contribution is -0.139. The van der Waals surface area contributed by atoms with Gasteiger partial charge in [0.15, 0.2) is 0 Å². The topological polar surface area (TPSA) is 109 Å². The van der Waals surface area contributed by atoms with E-state index >= 15 is 0 Å². The van der Waals surface area contributed by atoms with E-state index in [-0.39, 0.29) is 17.1 Å². The zero-order chi connectivity index (χ0) is 25.1. The highest BCUT2D eigenvalue weighted by atomic mass is 32.2. The van der Waals surface area contributed by atoms with Crippen LogP contribution in [0.3, 0.4) is 0 Å². The van der Waals surface area contributed by atoms with Crippen LogP contribution in [0.4, 0.5) is 0 Å². The van der Waals surface area contributed by atoms with Crippen molar-refractivity contribution in [1.82, 2.24) is 14.3 Å². The molecule has 0 radical (unpaired) electrons. The number of nitrogens with zero attached hydrogens (tertiary/aromatic N) is 2. The number of nitrogens with one attached hydrogen (secondary N) is 1. The molecule has 1 N–H and O–H groups in total. The molecule has 2 aliphatic rings. The Balaban J connectivity index is 1.21. The van der Waals surface area contributed by atoms with Crippen molar-refractivity contribution in [3.63, 3.8) is 0 Å². The van der Waals surface area contributed by atoms with Gasteiger partial charge < -0.3 is 9.72 Å². The van der Waals surface area contributed by atoms with Gasteiger partial charge in [-0.15, -0.1) is 11.3 Å². The molecule has 1 aromatic carbocycles. The Kier molecular flexibility index (Phi) is 7.36. The number of aromatic amines is 1. The van der Waals surface area contributed by atoms with E-state index in [1.165, 1.54) is 11.0 Å². The molecule has 3 heterocycles. The number of carbonyl (C=O) groups is 1. The molecule has 36 heavy (non-hydrogen) atoms. The Hall–Kier alpha value is -2.82. The second-order valence-corrected chi connectivity index (χ2v) is 12.3. The molecule has 0 bridgehead atoms.